The number of rotatable bonds is 7. The Balaban J connectivity index is 1.24. The van der Waals surface area contributed by atoms with Crippen LogP contribution in [0.2, 0.25) is 0 Å². The highest BCUT2D eigenvalue weighted by Gasteiger charge is 2.31. The van der Waals surface area contributed by atoms with Gasteiger partial charge < -0.3 is 16.0 Å². The van der Waals surface area contributed by atoms with Crippen molar-refractivity contribution >= 4 is 39.1 Å². The zero-order valence-electron chi connectivity index (χ0n) is 19.6. The number of carbonyl (C=O) groups excluding carboxylic acids is 3. The van der Waals surface area contributed by atoms with Crippen molar-refractivity contribution in [2.24, 2.45) is 5.92 Å². The number of hydrogen-bond acceptors (Lipinski definition) is 5. The van der Waals surface area contributed by atoms with Gasteiger partial charge in [0.05, 0.1) is 4.90 Å². The minimum atomic E-state index is -3.65. The molecule has 0 aliphatic carbocycles. The number of para-hydroxylation sites is 1. The summed E-state index contributed by atoms with van der Waals surface area (Å²) in [5.74, 6) is -0.636. The van der Waals surface area contributed by atoms with Crippen LogP contribution in [0.1, 0.15) is 38.2 Å². The van der Waals surface area contributed by atoms with Crippen molar-refractivity contribution in [3.8, 4) is 0 Å². The summed E-state index contributed by atoms with van der Waals surface area (Å²) in [6.07, 6.45) is 2.38. The summed E-state index contributed by atoms with van der Waals surface area (Å²) in [5.41, 5.74) is 2.45. The second-order valence-corrected chi connectivity index (χ2v) is 11.0. The molecule has 1 atom stereocenters. The van der Waals surface area contributed by atoms with E-state index in [-0.39, 0.29) is 41.0 Å². The maximum atomic E-state index is 13.0. The number of amides is 3. The van der Waals surface area contributed by atoms with Crippen molar-refractivity contribution in [3.05, 3.63) is 54.1 Å². The number of sulfonamides is 1. The number of piperidine rings is 1. The molecule has 10 heteroatoms. The second kappa shape index (κ2) is 10.6. The molecule has 1 saturated heterocycles. The topological polar surface area (TPSA) is 125 Å². The SMILES string of the molecule is CC(=O)Nc1ccc(S(=O)(=O)N2CCC(NC(=O)CCC3Cc4ccccc4NC3=O)CC2)cc1. The zero-order chi connectivity index (χ0) is 25.0. The summed E-state index contributed by atoms with van der Waals surface area (Å²) in [6, 6.07) is 13.7. The highest BCUT2D eigenvalue weighted by Crippen LogP contribution is 2.28. The average molecular weight is 499 g/mol. The molecular weight excluding hydrogens is 468 g/mol. The van der Waals surface area contributed by atoms with Crippen molar-refractivity contribution < 1.29 is 22.8 Å². The summed E-state index contributed by atoms with van der Waals surface area (Å²) in [7, 11) is -3.65. The van der Waals surface area contributed by atoms with Crippen LogP contribution >= 0.6 is 0 Å². The van der Waals surface area contributed by atoms with E-state index in [9.17, 15) is 22.8 Å². The number of nitrogens with one attached hydrogen (secondary N) is 3. The third-order valence-corrected chi connectivity index (χ3v) is 8.38. The molecule has 1 unspecified atom stereocenters. The number of fused-ring (bicyclic) bond motifs is 1. The van der Waals surface area contributed by atoms with E-state index in [0.717, 1.165) is 11.3 Å². The normalized spacial score (nSPS) is 18.9. The molecule has 4 rings (SSSR count). The maximum Gasteiger partial charge on any atom is 0.243 e. The summed E-state index contributed by atoms with van der Waals surface area (Å²) < 4.78 is 27.3. The van der Waals surface area contributed by atoms with Gasteiger partial charge in [0.2, 0.25) is 27.7 Å². The standard InChI is InChI=1S/C25H30N4O5S/c1-17(30)26-20-7-9-22(10-8-20)35(33,34)29-14-12-21(13-15-29)27-24(31)11-6-19-16-18-4-2-3-5-23(18)28-25(19)32/h2-5,7-10,19,21H,6,11-16H2,1H3,(H,26,30)(H,27,31)(H,28,32). The quantitative estimate of drug-likeness (QED) is 0.541. The first kappa shape index (κ1) is 24.9. The Kier molecular flexibility index (Phi) is 7.51. The molecule has 2 aliphatic heterocycles. The smallest absolute Gasteiger partial charge is 0.243 e. The van der Waals surface area contributed by atoms with Gasteiger partial charge >= 0.3 is 0 Å². The van der Waals surface area contributed by atoms with Crippen LogP contribution in [-0.4, -0.2) is 49.6 Å². The molecule has 0 bridgehead atoms. The lowest BCUT2D eigenvalue weighted by Gasteiger charge is -2.32. The fourth-order valence-corrected chi connectivity index (χ4v) is 6.02. The number of hydrogen-bond donors (Lipinski definition) is 3. The molecule has 9 nitrogen and oxygen atoms in total. The largest absolute Gasteiger partial charge is 0.353 e. The van der Waals surface area contributed by atoms with Crippen LogP contribution < -0.4 is 16.0 Å². The van der Waals surface area contributed by atoms with Gasteiger partial charge in [-0.1, -0.05) is 18.2 Å². The van der Waals surface area contributed by atoms with Gasteiger partial charge in [-0.25, -0.2) is 8.42 Å². The molecular formula is C25H30N4O5S. The van der Waals surface area contributed by atoms with Crippen molar-refractivity contribution in [2.75, 3.05) is 23.7 Å². The van der Waals surface area contributed by atoms with Gasteiger partial charge in [-0.3, -0.25) is 14.4 Å². The molecule has 3 N–H and O–H groups in total. The zero-order valence-corrected chi connectivity index (χ0v) is 20.4. The Bertz CT molecular complexity index is 1200. The Hall–Kier alpha value is -3.24. The Morgan fingerprint density at radius 3 is 2.43 bits per heavy atom. The fraction of sp³-hybridized carbons (Fsp3) is 0.400. The molecule has 0 radical (unpaired) electrons. The fourth-order valence-electron chi connectivity index (χ4n) is 4.55. The molecule has 0 spiro atoms. The van der Waals surface area contributed by atoms with Crippen LogP contribution in [-0.2, 0) is 30.8 Å². The van der Waals surface area contributed by atoms with E-state index >= 15 is 0 Å². The first-order valence-corrected chi connectivity index (χ1v) is 13.2. The van der Waals surface area contributed by atoms with Crippen molar-refractivity contribution in [1.82, 2.24) is 9.62 Å². The average Bonchev–Trinajstić information content (AvgIpc) is 2.83. The first-order valence-electron chi connectivity index (χ1n) is 11.8. The number of nitrogens with zero attached hydrogens (tertiary/aromatic N) is 1. The number of carbonyl (C=O) groups is 3. The Labute approximate surface area is 205 Å². The molecule has 3 amide bonds. The van der Waals surface area contributed by atoms with E-state index in [1.54, 1.807) is 12.1 Å². The van der Waals surface area contributed by atoms with Gasteiger partial charge in [-0.05, 0) is 61.6 Å². The third-order valence-electron chi connectivity index (χ3n) is 6.46. The van der Waals surface area contributed by atoms with Crippen LogP contribution in [0.5, 0.6) is 0 Å². The van der Waals surface area contributed by atoms with Gasteiger partial charge in [0.25, 0.3) is 0 Å². The van der Waals surface area contributed by atoms with Crippen LogP contribution in [0.3, 0.4) is 0 Å². The van der Waals surface area contributed by atoms with Crippen LogP contribution in [0, 0.1) is 5.92 Å². The highest BCUT2D eigenvalue weighted by atomic mass is 32.2. The number of benzene rings is 2. The Morgan fingerprint density at radius 1 is 1.06 bits per heavy atom. The van der Waals surface area contributed by atoms with E-state index in [1.807, 2.05) is 24.3 Å². The van der Waals surface area contributed by atoms with Crippen molar-refractivity contribution in [2.45, 2.75) is 50.0 Å². The summed E-state index contributed by atoms with van der Waals surface area (Å²) >= 11 is 0. The van der Waals surface area contributed by atoms with E-state index in [0.29, 0.717) is 44.5 Å². The lowest BCUT2D eigenvalue weighted by Crippen LogP contribution is -2.46. The molecule has 0 saturated carbocycles. The molecule has 2 aliphatic rings. The molecule has 1 fully saturated rings. The molecule has 35 heavy (non-hydrogen) atoms. The minimum absolute atomic E-state index is 0.0554. The molecule has 186 valence electrons. The maximum absolute atomic E-state index is 13.0. The van der Waals surface area contributed by atoms with E-state index < -0.39 is 10.0 Å². The highest BCUT2D eigenvalue weighted by molar-refractivity contribution is 7.89. The summed E-state index contributed by atoms with van der Waals surface area (Å²) in [4.78, 5) is 36.2. The van der Waals surface area contributed by atoms with Crippen molar-refractivity contribution in [3.63, 3.8) is 0 Å². The van der Waals surface area contributed by atoms with Gasteiger partial charge in [0.15, 0.2) is 0 Å². The van der Waals surface area contributed by atoms with E-state index in [2.05, 4.69) is 16.0 Å². The lowest BCUT2D eigenvalue weighted by molar-refractivity contribution is -0.123. The second-order valence-electron chi connectivity index (χ2n) is 9.04. The van der Waals surface area contributed by atoms with E-state index in [4.69, 9.17) is 0 Å². The van der Waals surface area contributed by atoms with Crippen LogP contribution in [0.25, 0.3) is 0 Å². The van der Waals surface area contributed by atoms with Crippen LogP contribution in [0.4, 0.5) is 11.4 Å². The molecule has 2 heterocycles. The van der Waals surface area contributed by atoms with E-state index in [1.165, 1.54) is 23.4 Å². The monoisotopic (exact) mass is 498 g/mol. The molecule has 2 aromatic rings. The summed E-state index contributed by atoms with van der Waals surface area (Å²) in [6.45, 7) is 2.00. The minimum Gasteiger partial charge on any atom is -0.353 e. The molecule has 0 aromatic heterocycles. The van der Waals surface area contributed by atoms with Crippen molar-refractivity contribution in [1.29, 1.82) is 0 Å². The van der Waals surface area contributed by atoms with Crippen LogP contribution in [0.15, 0.2) is 53.4 Å². The predicted octanol–water partition coefficient (Wildman–Crippen LogP) is 2.51. The van der Waals surface area contributed by atoms with Gasteiger partial charge in [-0.15, -0.1) is 0 Å². The summed E-state index contributed by atoms with van der Waals surface area (Å²) in [5, 5.41) is 8.52. The Morgan fingerprint density at radius 2 is 1.74 bits per heavy atom. The number of anilines is 2. The first-order chi connectivity index (χ1) is 16.7. The van der Waals surface area contributed by atoms with Gasteiger partial charge in [0.1, 0.15) is 0 Å². The van der Waals surface area contributed by atoms with Gasteiger partial charge in [-0.2, -0.15) is 4.31 Å². The molecule has 2 aromatic carbocycles. The third kappa shape index (κ3) is 6.07. The lowest BCUT2D eigenvalue weighted by atomic mass is 9.89. The van der Waals surface area contributed by atoms with Gasteiger partial charge in [0, 0.05) is 49.8 Å². The predicted molar refractivity (Wildman–Crippen MR) is 132 cm³/mol.